The summed E-state index contributed by atoms with van der Waals surface area (Å²) >= 11 is 6.00. The van der Waals surface area contributed by atoms with Gasteiger partial charge in [0.05, 0.1) is 5.71 Å². The Labute approximate surface area is 189 Å². The predicted molar refractivity (Wildman–Crippen MR) is 128 cm³/mol. The number of rotatable bonds is 5. The van der Waals surface area contributed by atoms with E-state index in [1.807, 2.05) is 31.2 Å². The van der Waals surface area contributed by atoms with E-state index in [2.05, 4.69) is 20.3 Å². The monoisotopic (exact) mass is 441 g/mol. The van der Waals surface area contributed by atoms with Crippen molar-refractivity contribution in [3.8, 4) is 0 Å². The van der Waals surface area contributed by atoms with E-state index in [1.54, 1.807) is 0 Å². The Hall–Kier alpha value is -2.41. The minimum Gasteiger partial charge on any atom is -0.341 e. The number of hydrazone groups is 1. The summed E-state index contributed by atoms with van der Waals surface area (Å²) in [5, 5.41) is 5.25. The van der Waals surface area contributed by atoms with Crippen LogP contribution in [0.5, 0.6) is 0 Å². The van der Waals surface area contributed by atoms with Gasteiger partial charge in [0.25, 0.3) is 0 Å². The average Bonchev–Trinajstić information content (AvgIpc) is 3.23. The first kappa shape index (κ1) is 21.8. The Morgan fingerprint density at radius 3 is 1.74 bits per heavy atom. The van der Waals surface area contributed by atoms with Crippen molar-refractivity contribution in [3.63, 3.8) is 0 Å². The maximum atomic E-state index is 6.00. The van der Waals surface area contributed by atoms with Crippen LogP contribution in [-0.4, -0.2) is 46.8 Å². The number of hydrogen-bond donors (Lipinski definition) is 1. The van der Waals surface area contributed by atoms with Gasteiger partial charge in [0, 0.05) is 31.2 Å². The van der Waals surface area contributed by atoms with E-state index < -0.39 is 0 Å². The molecule has 0 radical (unpaired) electrons. The molecular weight excluding hydrogens is 410 g/mol. The van der Waals surface area contributed by atoms with Crippen LogP contribution in [0.2, 0.25) is 5.02 Å². The van der Waals surface area contributed by atoms with Crippen LogP contribution in [0.25, 0.3) is 0 Å². The van der Waals surface area contributed by atoms with Crippen molar-refractivity contribution in [2.24, 2.45) is 5.10 Å². The molecule has 2 aliphatic rings. The number of anilines is 3. The summed E-state index contributed by atoms with van der Waals surface area (Å²) in [6, 6.07) is 7.66. The quantitative estimate of drug-likeness (QED) is 0.512. The molecule has 0 amide bonds. The molecular formula is C23H32ClN7. The van der Waals surface area contributed by atoms with Crippen LogP contribution in [-0.2, 0) is 0 Å². The molecule has 0 aliphatic carbocycles. The molecule has 31 heavy (non-hydrogen) atoms. The maximum absolute atomic E-state index is 6.00. The molecule has 166 valence electrons. The second kappa shape index (κ2) is 10.8. The number of nitrogens with zero attached hydrogens (tertiary/aromatic N) is 6. The molecule has 4 rings (SSSR count). The van der Waals surface area contributed by atoms with Gasteiger partial charge in [-0.3, -0.25) is 0 Å². The minimum atomic E-state index is 0.502. The molecule has 8 heteroatoms. The van der Waals surface area contributed by atoms with Crippen LogP contribution in [0, 0.1) is 0 Å². The highest BCUT2D eigenvalue weighted by Crippen LogP contribution is 2.22. The molecule has 1 aromatic heterocycles. The van der Waals surface area contributed by atoms with Crippen LogP contribution in [0.4, 0.5) is 17.8 Å². The van der Waals surface area contributed by atoms with Crippen LogP contribution in [0.15, 0.2) is 29.4 Å². The zero-order valence-electron chi connectivity index (χ0n) is 18.4. The van der Waals surface area contributed by atoms with E-state index in [0.717, 1.165) is 49.4 Å². The maximum Gasteiger partial charge on any atom is 0.250 e. The molecule has 1 N–H and O–H groups in total. The molecule has 7 nitrogen and oxygen atoms in total. The fourth-order valence-electron chi connectivity index (χ4n) is 4.12. The van der Waals surface area contributed by atoms with Crippen molar-refractivity contribution in [2.45, 2.75) is 58.3 Å². The van der Waals surface area contributed by atoms with E-state index in [4.69, 9.17) is 26.6 Å². The lowest BCUT2D eigenvalue weighted by atomic mass is 10.1. The Kier molecular flexibility index (Phi) is 7.57. The van der Waals surface area contributed by atoms with E-state index in [1.165, 1.54) is 51.4 Å². The van der Waals surface area contributed by atoms with Gasteiger partial charge in [0.1, 0.15) is 0 Å². The molecule has 0 bridgehead atoms. The Bertz CT molecular complexity index is 830. The summed E-state index contributed by atoms with van der Waals surface area (Å²) in [5.41, 5.74) is 4.94. The molecule has 2 aromatic rings. The summed E-state index contributed by atoms with van der Waals surface area (Å²) < 4.78 is 0. The lowest BCUT2D eigenvalue weighted by molar-refractivity contribution is 0.726. The summed E-state index contributed by atoms with van der Waals surface area (Å²) in [4.78, 5) is 19.0. The number of hydrogen-bond acceptors (Lipinski definition) is 7. The van der Waals surface area contributed by atoms with Gasteiger partial charge in [-0.25, -0.2) is 5.43 Å². The van der Waals surface area contributed by atoms with Crippen molar-refractivity contribution < 1.29 is 0 Å². The van der Waals surface area contributed by atoms with Gasteiger partial charge in [-0.2, -0.15) is 20.1 Å². The van der Waals surface area contributed by atoms with Gasteiger partial charge in [-0.1, -0.05) is 49.4 Å². The summed E-state index contributed by atoms with van der Waals surface area (Å²) in [6.45, 7) is 5.95. The highest BCUT2D eigenvalue weighted by Gasteiger charge is 2.19. The molecule has 2 fully saturated rings. The van der Waals surface area contributed by atoms with Gasteiger partial charge in [-0.15, -0.1) is 0 Å². The zero-order chi connectivity index (χ0) is 21.5. The summed E-state index contributed by atoms with van der Waals surface area (Å²) in [5.74, 6) is 2.03. The highest BCUT2D eigenvalue weighted by molar-refractivity contribution is 6.30. The Morgan fingerprint density at radius 1 is 0.774 bits per heavy atom. The minimum absolute atomic E-state index is 0.502. The van der Waals surface area contributed by atoms with E-state index in [9.17, 15) is 0 Å². The number of nitrogens with one attached hydrogen (secondary N) is 1. The van der Waals surface area contributed by atoms with E-state index >= 15 is 0 Å². The Morgan fingerprint density at radius 2 is 1.26 bits per heavy atom. The fourth-order valence-corrected chi connectivity index (χ4v) is 4.24. The van der Waals surface area contributed by atoms with Crippen molar-refractivity contribution in [3.05, 3.63) is 34.9 Å². The molecule has 3 heterocycles. The van der Waals surface area contributed by atoms with E-state index in [-0.39, 0.29) is 0 Å². The lowest BCUT2D eigenvalue weighted by Gasteiger charge is -2.24. The Balaban J connectivity index is 1.60. The third kappa shape index (κ3) is 6.06. The molecule has 2 saturated heterocycles. The molecule has 1 aromatic carbocycles. The topological polar surface area (TPSA) is 69.5 Å². The molecule has 0 atom stereocenters. The molecule has 0 unspecified atom stereocenters. The van der Waals surface area contributed by atoms with Gasteiger partial charge in [0.2, 0.25) is 17.8 Å². The van der Waals surface area contributed by atoms with E-state index in [0.29, 0.717) is 11.0 Å². The van der Waals surface area contributed by atoms with Gasteiger partial charge in [0.15, 0.2) is 0 Å². The van der Waals surface area contributed by atoms with Gasteiger partial charge >= 0.3 is 0 Å². The fraction of sp³-hybridized carbons (Fsp3) is 0.565. The third-order valence-electron chi connectivity index (χ3n) is 5.98. The molecule has 0 saturated carbocycles. The van der Waals surface area contributed by atoms with Crippen molar-refractivity contribution in [1.82, 2.24) is 15.0 Å². The number of halogens is 1. The van der Waals surface area contributed by atoms with Crippen LogP contribution in [0.1, 0.15) is 63.9 Å². The predicted octanol–water partition coefficient (Wildman–Crippen LogP) is 5.12. The van der Waals surface area contributed by atoms with Crippen molar-refractivity contribution in [1.29, 1.82) is 0 Å². The highest BCUT2D eigenvalue weighted by atomic mass is 35.5. The molecule has 0 spiro atoms. The second-order valence-corrected chi connectivity index (χ2v) is 8.81. The zero-order valence-corrected chi connectivity index (χ0v) is 19.1. The first-order chi connectivity index (χ1) is 15.2. The summed E-state index contributed by atoms with van der Waals surface area (Å²) in [6.07, 6.45) is 9.82. The number of benzene rings is 1. The third-order valence-corrected chi connectivity index (χ3v) is 6.23. The standard InChI is InChI=1S/C23H32ClN7/c1-18(19-10-12-20(24)13-11-19)28-29-21-25-22(30-14-6-2-3-7-15-30)27-23(26-21)31-16-8-4-5-9-17-31/h10-13H,2-9,14-17H2,1H3,(H,25,26,27,29)/b28-18-. The normalized spacial score (nSPS) is 18.5. The first-order valence-electron chi connectivity index (χ1n) is 11.5. The van der Waals surface area contributed by atoms with Crippen molar-refractivity contribution >= 4 is 35.2 Å². The van der Waals surface area contributed by atoms with Crippen molar-refractivity contribution in [2.75, 3.05) is 41.4 Å². The lowest BCUT2D eigenvalue weighted by Crippen LogP contribution is -2.30. The van der Waals surface area contributed by atoms with Crippen LogP contribution < -0.4 is 15.2 Å². The largest absolute Gasteiger partial charge is 0.341 e. The second-order valence-electron chi connectivity index (χ2n) is 8.38. The molecule has 2 aliphatic heterocycles. The SMILES string of the molecule is C/C(=N/Nc1nc(N2CCCCCC2)nc(N2CCCCCC2)n1)c1ccc(Cl)cc1. The summed E-state index contributed by atoms with van der Waals surface area (Å²) in [7, 11) is 0. The average molecular weight is 442 g/mol. The number of aromatic nitrogens is 3. The van der Waals surface area contributed by atoms with Crippen LogP contribution in [0.3, 0.4) is 0 Å². The van der Waals surface area contributed by atoms with Crippen LogP contribution >= 0.6 is 11.6 Å². The van der Waals surface area contributed by atoms with Gasteiger partial charge < -0.3 is 9.80 Å². The first-order valence-corrected chi connectivity index (χ1v) is 11.9. The van der Waals surface area contributed by atoms with Gasteiger partial charge in [-0.05, 0) is 50.3 Å². The smallest absolute Gasteiger partial charge is 0.250 e.